The van der Waals surface area contributed by atoms with E-state index in [0.717, 1.165) is 25.0 Å². The van der Waals surface area contributed by atoms with Gasteiger partial charge in [0.2, 0.25) is 0 Å². The summed E-state index contributed by atoms with van der Waals surface area (Å²) in [5.41, 5.74) is 3.69. The normalized spacial score (nSPS) is 25.0. The van der Waals surface area contributed by atoms with Crippen molar-refractivity contribution in [1.29, 1.82) is 0 Å². The second-order valence-corrected chi connectivity index (χ2v) is 6.69. The van der Waals surface area contributed by atoms with Crippen LogP contribution in [0, 0.1) is 11.8 Å². The van der Waals surface area contributed by atoms with Crippen LogP contribution < -0.4 is 0 Å². The average molecular weight is 285 g/mol. The molecule has 0 amide bonds. The van der Waals surface area contributed by atoms with Crippen molar-refractivity contribution in [3.05, 3.63) is 35.4 Å². The van der Waals surface area contributed by atoms with Gasteiger partial charge >= 0.3 is 5.97 Å². The summed E-state index contributed by atoms with van der Waals surface area (Å²) >= 11 is 0. The van der Waals surface area contributed by atoms with Gasteiger partial charge in [-0.05, 0) is 49.1 Å². The first-order valence-corrected chi connectivity index (χ1v) is 7.91. The highest BCUT2D eigenvalue weighted by Crippen LogP contribution is 2.48. The highest BCUT2D eigenvalue weighted by atomic mass is 16.7. The number of hydrogen-bond donors (Lipinski definition) is 0. The monoisotopic (exact) mass is 285 g/mol. The molecule has 112 valence electrons. The molecule has 2 aliphatic carbocycles. The Morgan fingerprint density at radius 2 is 1.90 bits per heavy atom. The molecule has 21 heavy (non-hydrogen) atoms. The van der Waals surface area contributed by atoms with Gasteiger partial charge in [-0.15, -0.1) is 0 Å². The van der Waals surface area contributed by atoms with Crippen molar-refractivity contribution in [2.24, 2.45) is 17.0 Å². The van der Waals surface area contributed by atoms with Gasteiger partial charge in [0.15, 0.2) is 0 Å². The van der Waals surface area contributed by atoms with Crippen LogP contribution in [0.1, 0.15) is 63.0 Å². The molecule has 3 rings (SSSR count). The Morgan fingerprint density at radius 3 is 2.48 bits per heavy atom. The van der Waals surface area contributed by atoms with Crippen molar-refractivity contribution in [2.45, 2.75) is 51.9 Å². The van der Waals surface area contributed by atoms with Gasteiger partial charge in [-0.2, -0.15) is 0 Å². The van der Waals surface area contributed by atoms with Crippen LogP contribution in [0.3, 0.4) is 0 Å². The molecule has 0 aliphatic heterocycles. The predicted molar refractivity (Wildman–Crippen MR) is 83.3 cm³/mol. The molecule has 3 nitrogen and oxygen atoms in total. The Hall–Kier alpha value is -1.64. The zero-order chi connectivity index (χ0) is 15.0. The summed E-state index contributed by atoms with van der Waals surface area (Å²) in [5.74, 6) is 1.49. The summed E-state index contributed by atoms with van der Waals surface area (Å²) in [5, 5.41) is 4.04. The second kappa shape index (κ2) is 5.63. The maximum absolute atomic E-state index is 11.5. The lowest BCUT2D eigenvalue weighted by Crippen LogP contribution is -2.05. The van der Waals surface area contributed by atoms with Crippen LogP contribution in [0.2, 0.25) is 0 Å². The highest BCUT2D eigenvalue weighted by Gasteiger charge is 2.41. The number of benzene rings is 1. The zero-order valence-electron chi connectivity index (χ0n) is 13.0. The third kappa shape index (κ3) is 3.34. The summed E-state index contributed by atoms with van der Waals surface area (Å²) < 4.78 is 0. The van der Waals surface area contributed by atoms with Gasteiger partial charge in [0.1, 0.15) is 0 Å². The van der Waals surface area contributed by atoms with Crippen molar-refractivity contribution < 1.29 is 9.63 Å². The van der Waals surface area contributed by atoms with E-state index in [1.807, 2.05) is 6.92 Å². The van der Waals surface area contributed by atoms with E-state index in [-0.39, 0.29) is 11.9 Å². The molecule has 2 fully saturated rings. The van der Waals surface area contributed by atoms with Crippen LogP contribution in [0.4, 0.5) is 0 Å². The van der Waals surface area contributed by atoms with E-state index in [2.05, 4.69) is 43.3 Å². The lowest BCUT2D eigenvalue weighted by Gasteiger charge is -2.06. The number of carbonyl (C=O) groups is 1. The Bertz CT molecular complexity index is 555. The molecule has 0 heterocycles. The molecule has 3 heteroatoms. The van der Waals surface area contributed by atoms with Gasteiger partial charge in [-0.3, -0.25) is 0 Å². The largest absolute Gasteiger partial charge is 0.338 e. The zero-order valence-corrected chi connectivity index (χ0v) is 13.0. The number of oxime groups is 1. The molecular formula is C18H23NO2. The summed E-state index contributed by atoms with van der Waals surface area (Å²) in [6.07, 6.45) is 3.03. The maximum Gasteiger partial charge on any atom is 0.338 e. The fourth-order valence-corrected chi connectivity index (χ4v) is 2.73. The first-order chi connectivity index (χ1) is 10.1. The molecule has 2 saturated carbocycles. The lowest BCUT2D eigenvalue weighted by atomic mass is 9.99. The highest BCUT2D eigenvalue weighted by molar-refractivity contribution is 5.88. The van der Waals surface area contributed by atoms with E-state index in [1.54, 1.807) is 0 Å². The minimum Gasteiger partial charge on any atom is -0.318 e. The molecule has 0 bridgehead atoms. The number of carbonyl (C=O) groups excluding carboxylic acids is 1. The van der Waals surface area contributed by atoms with Gasteiger partial charge in [0.25, 0.3) is 0 Å². The number of rotatable bonds is 5. The molecule has 1 aromatic carbocycles. The Balaban J connectivity index is 1.57. The minimum absolute atomic E-state index is 0.111. The van der Waals surface area contributed by atoms with Crippen LogP contribution in [0.5, 0.6) is 0 Å². The molecule has 0 spiro atoms. The van der Waals surface area contributed by atoms with Gasteiger partial charge in [0.05, 0.1) is 11.6 Å². The van der Waals surface area contributed by atoms with E-state index < -0.39 is 0 Å². The molecule has 2 aliphatic rings. The number of nitrogens with zero attached hydrogens (tertiary/aromatic N) is 1. The Morgan fingerprint density at radius 1 is 1.24 bits per heavy atom. The van der Waals surface area contributed by atoms with Crippen molar-refractivity contribution in [3.63, 3.8) is 0 Å². The van der Waals surface area contributed by atoms with Crippen LogP contribution >= 0.6 is 0 Å². The topological polar surface area (TPSA) is 38.7 Å². The summed E-state index contributed by atoms with van der Waals surface area (Å²) in [6, 6.07) is 8.89. The molecule has 0 N–H and O–H groups in total. The van der Waals surface area contributed by atoms with Gasteiger partial charge in [-0.25, -0.2) is 4.79 Å². The predicted octanol–water partition coefficient (Wildman–Crippen LogP) is 4.24. The van der Waals surface area contributed by atoms with E-state index in [9.17, 15) is 4.79 Å². The van der Waals surface area contributed by atoms with Crippen LogP contribution in [0.25, 0.3) is 0 Å². The number of hydrogen-bond acceptors (Lipinski definition) is 3. The van der Waals surface area contributed by atoms with E-state index in [4.69, 9.17) is 4.84 Å². The van der Waals surface area contributed by atoms with Crippen LogP contribution in [0.15, 0.2) is 29.4 Å². The molecule has 0 saturated heterocycles. The lowest BCUT2D eigenvalue weighted by molar-refractivity contribution is -0.145. The fraction of sp³-hybridized carbons (Fsp3) is 0.556. The molecule has 0 aromatic heterocycles. The minimum atomic E-state index is -0.159. The SMILES string of the molecule is C/C(=N/OC(=O)C1CC1)[C@@H]1C[C@@H]1c1ccc(C(C)C)cc1. The van der Waals surface area contributed by atoms with Crippen molar-refractivity contribution >= 4 is 11.7 Å². The smallest absolute Gasteiger partial charge is 0.318 e. The summed E-state index contributed by atoms with van der Waals surface area (Å²) in [6.45, 7) is 6.38. The van der Waals surface area contributed by atoms with Crippen molar-refractivity contribution in [3.8, 4) is 0 Å². The first-order valence-electron chi connectivity index (χ1n) is 7.91. The fourth-order valence-electron chi connectivity index (χ4n) is 2.73. The Labute approximate surface area is 126 Å². The van der Waals surface area contributed by atoms with E-state index in [0.29, 0.717) is 17.8 Å². The molecule has 2 atom stereocenters. The van der Waals surface area contributed by atoms with Crippen molar-refractivity contribution in [2.75, 3.05) is 0 Å². The average Bonchev–Trinajstić information content (AvgIpc) is 3.37. The molecular weight excluding hydrogens is 262 g/mol. The standard InChI is InChI=1S/C18H23NO2/c1-11(2)13-4-6-14(7-5-13)17-10-16(17)12(3)19-21-18(20)15-8-9-15/h4-7,11,15-17H,8-10H2,1-3H3/b19-12-/t16-,17+/m0/s1. The molecule has 1 aromatic rings. The quantitative estimate of drug-likeness (QED) is 0.461. The molecule has 0 radical (unpaired) electrons. The maximum atomic E-state index is 11.5. The third-order valence-electron chi connectivity index (χ3n) is 4.55. The first kappa shape index (κ1) is 14.3. The van der Waals surface area contributed by atoms with Gasteiger partial charge in [-0.1, -0.05) is 43.3 Å². The third-order valence-corrected chi connectivity index (χ3v) is 4.55. The van der Waals surface area contributed by atoms with Crippen LogP contribution in [-0.4, -0.2) is 11.7 Å². The van der Waals surface area contributed by atoms with Crippen molar-refractivity contribution in [1.82, 2.24) is 0 Å². The second-order valence-electron chi connectivity index (χ2n) is 6.69. The van der Waals surface area contributed by atoms with Gasteiger partial charge < -0.3 is 4.84 Å². The van der Waals surface area contributed by atoms with E-state index in [1.165, 1.54) is 11.1 Å². The summed E-state index contributed by atoms with van der Waals surface area (Å²) in [7, 11) is 0. The summed E-state index contributed by atoms with van der Waals surface area (Å²) in [4.78, 5) is 16.5. The van der Waals surface area contributed by atoms with Gasteiger partial charge in [0, 0.05) is 5.92 Å². The Kier molecular flexibility index (Phi) is 3.83. The van der Waals surface area contributed by atoms with Crippen LogP contribution in [-0.2, 0) is 9.63 Å². The van der Waals surface area contributed by atoms with E-state index >= 15 is 0 Å². The molecule has 0 unspecified atom stereocenters.